The Balaban J connectivity index is 2.05. The first-order valence-electron chi connectivity index (χ1n) is 8.41. The van der Waals surface area contributed by atoms with Crippen molar-refractivity contribution in [2.45, 2.75) is 45.2 Å². The van der Waals surface area contributed by atoms with Crippen molar-refractivity contribution in [2.24, 2.45) is 0 Å². The number of fused-ring (bicyclic) bond motifs is 2. The topological polar surface area (TPSA) is 105 Å². The molecule has 0 unspecified atom stereocenters. The minimum atomic E-state index is -0.430. The van der Waals surface area contributed by atoms with E-state index in [1.54, 1.807) is 4.90 Å². The van der Waals surface area contributed by atoms with Crippen LogP contribution in [0.25, 0.3) is 5.57 Å². The summed E-state index contributed by atoms with van der Waals surface area (Å²) in [5.41, 5.74) is 2.94. The smallest absolute Gasteiger partial charge is 0.336 e. The summed E-state index contributed by atoms with van der Waals surface area (Å²) >= 11 is 0. The summed E-state index contributed by atoms with van der Waals surface area (Å²) in [5.74, 6) is 0.229. The molecule has 1 aromatic rings. The van der Waals surface area contributed by atoms with Crippen LogP contribution in [0.5, 0.6) is 0 Å². The number of carbonyl (C=O) groups excluding carboxylic acids is 2. The summed E-state index contributed by atoms with van der Waals surface area (Å²) in [7, 11) is 1.34. The van der Waals surface area contributed by atoms with Crippen LogP contribution >= 0.6 is 0 Å². The van der Waals surface area contributed by atoms with Crippen LogP contribution in [0.2, 0.25) is 0 Å². The lowest BCUT2D eigenvalue weighted by molar-refractivity contribution is -0.136. The minimum absolute atomic E-state index is 0.000740. The molecule has 3 rings (SSSR count). The Morgan fingerprint density at radius 2 is 2.16 bits per heavy atom. The fraction of sp³-hybridized carbons (Fsp3) is 0.588. The van der Waals surface area contributed by atoms with Crippen molar-refractivity contribution < 1.29 is 24.0 Å². The molecule has 0 aliphatic carbocycles. The normalized spacial score (nSPS) is 22.3. The molecule has 0 radical (unpaired) electrons. The summed E-state index contributed by atoms with van der Waals surface area (Å²) < 4.78 is 10.3. The number of hydrogen-bond acceptors (Lipinski definition) is 6. The van der Waals surface area contributed by atoms with E-state index in [1.807, 2.05) is 13.8 Å². The number of ether oxygens (including phenoxy) is 1. The molecule has 2 amide bonds. The summed E-state index contributed by atoms with van der Waals surface area (Å²) in [5, 5.41) is 15.6. The lowest BCUT2D eigenvalue weighted by Gasteiger charge is -2.37. The largest absolute Gasteiger partial charge is 0.466 e. The van der Waals surface area contributed by atoms with Crippen LogP contribution in [0.3, 0.4) is 0 Å². The van der Waals surface area contributed by atoms with Gasteiger partial charge in [0.25, 0.3) is 0 Å². The molecule has 1 saturated heterocycles. The van der Waals surface area contributed by atoms with Crippen molar-refractivity contribution in [1.29, 1.82) is 0 Å². The van der Waals surface area contributed by atoms with E-state index < -0.39 is 5.97 Å². The standard InChI is InChI=1S/C17H23N3O5/c1-9-14(10(2)25-19-9)12-8-11-4-5-13(15(12)16(22)24-3)20(11)17(23)18-6-7-21/h11,13,21H,4-8H2,1-3H3,(H,18,23)/t11-,13+/m0/s1. The van der Waals surface area contributed by atoms with Crippen LogP contribution in [0.4, 0.5) is 4.79 Å². The van der Waals surface area contributed by atoms with E-state index >= 15 is 0 Å². The molecule has 8 nitrogen and oxygen atoms in total. The Morgan fingerprint density at radius 3 is 2.76 bits per heavy atom. The van der Waals surface area contributed by atoms with Crippen LogP contribution in [-0.4, -0.2) is 59.5 Å². The molecule has 0 saturated carbocycles. The van der Waals surface area contributed by atoms with Gasteiger partial charge in [0, 0.05) is 18.2 Å². The van der Waals surface area contributed by atoms with E-state index in [1.165, 1.54) is 7.11 Å². The zero-order valence-corrected chi connectivity index (χ0v) is 14.7. The van der Waals surface area contributed by atoms with Crippen molar-refractivity contribution >= 4 is 17.6 Å². The maximum absolute atomic E-state index is 12.5. The second-order valence-corrected chi connectivity index (χ2v) is 6.40. The van der Waals surface area contributed by atoms with Gasteiger partial charge in [-0.05, 0) is 38.7 Å². The van der Waals surface area contributed by atoms with Gasteiger partial charge in [0.2, 0.25) is 0 Å². The van der Waals surface area contributed by atoms with E-state index in [0.717, 1.165) is 23.3 Å². The van der Waals surface area contributed by atoms with Crippen LogP contribution in [0, 0.1) is 13.8 Å². The van der Waals surface area contributed by atoms with Gasteiger partial charge in [-0.3, -0.25) is 0 Å². The monoisotopic (exact) mass is 349 g/mol. The number of nitrogens with zero attached hydrogens (tertiary/aromatic N) is 2. The van der Waals surface area contributed by atoms with Crippen LogP contribution < -0.4 is 5.32 Å². The number of aryl methyl sites for hydroxylation is 2. The first kappa shape index (κ1) is 17.5. The molecule has 2 bridgehead atoms. The highest BCUT2D eigenvalue weighted by Crippen LogP contribution is 2.44. The first-order chi connectivity index (χ1) is 12.0. The lowest BCUT2D eigenvalue weighted by atomic mass is 9.87. The quantitative estimate of drug-likeness (QED) is 0.790. The molecule has 25 heavy (non-hydrogen) atoms. The lowest BCUT2D eigenvalue weighted by Crippen LogP contribution is -2.51. The van der Waals surface area contributed by atoms with Gasteiger partial charge < -0.3 is 24.6 Å². The van der Waals surface area contributed by atoms with Crippen molar-refractivity contribution in [3.63, 3.8) is 0 Å². The highest BCUT2D eigenvalue weighted by Gasteiger charge is 2.47. The molecule has 3 heterocycles. The Morgan fingerprint density at radius 1 is 1.40 bits per heavy atom. The molecule has 136 valence electrons. The van der Waals surface area contributed by atoms with Crippen molar-refractivity contribution in [3.8, 4) is 0 Å². The number of methoxy groups -OCH3 is 1. The van der Waals surface area contributed by atoms with Gasteiger partial charge in [0.1, 0.15) is 5.76 Å². The highest BCUT2D eigenvalue weighted by molar-refractivity contribution is 6.01. The second-order valence-electron chi connectivity index (χ2n) is 6.40. The number of esters is 1. The highest BCUT2D eigenvalue weighted by atomic mass is 16.5. The third-order valence-electron chi connectivity index (χ3n) is 4.96. The fourth-order valence-corrected chi connectivity index (χ4v) is 3.99. The number of aliphatic hydroxyl groups excluding tert-OH is 1. The second kappa shape index (κ2) is 6.87. The van der Waals surface area contributed by atoms with Gasteiger partial charge in [-0.1, -0.05) is 5.16 Å². The van der Waals surface area contributed by atoms with Crippen molar-refractivity contribution in [1.82, 2.24) is 15.4 Å². The van der Waals surface area contributed by atoms with Gasteiger partial charge in [0.15, 0.2) is 0 Å². The van der Waals surface area contributed by atoms with Gasteiger partial charge >= 0.3 is 12.0 Å². The van der Waals surface area contributed by atoms with Gasteiger partial charge in [0.05, 0.1) is 31.0 Å². The molecular weight excluding hydrogens is 326 g/mol. The third-order valence-corrected chi connectivity index (χ3v) is 4.96. The first-order valence-corrected chi connectivity index (χ1v) is 8.41. The van der Waals surface area contributed by atoms with Crippen molar-refractivity contribution in [2.75, 3.05) is 20.3 Å². The summed E-state index contributed by atoms with van der Waals surface area (Å²) in [6.45, 7) is 3.72. The Kier molecular flexibility index (Phi) is 4.80. The third kappa shape index (κ3) is 2.90. The van der Waals surface area contributed by atoms with E-state index in [9.17, 15) is 9.59 Å². The molecule has 1 fully saturated rings. The number of aromatic nitrogens is 1. The molecule has 0 aromatic carbocycles. The summed E-state index contributed by atoms with van der Waals surface area (Å²) in [6, 6.07) is -0.602. The van der Waals surface area contributed by atoms with Gasteiger partial charge in [-0.25, -0.2) is 9.59 Å². The Labute approximate surface area is 145 Å². The predicted molar refractivity (Wildman–Crippen MR) is 88.7 cm³/mol. The molecule has 1 aromatic heterocycles. The molecule has 2 aliphatic rings. The van der Waals surface area contributed by atoms with E-state index in [0.29, 0.717) is 24.2 Å². The number of rotatable bonds is 4. The van der Waals surface area contributed by atoms with Crippen LogP contribution in [0.15, 0.2) is 10.1 Å². The average Bonchev–Trinajstić information content (AvgIpc) is 3.10. The Bertz CT molecular complexity index is 704. The molecule has 2 atom stereocenters. The molecule has 0 spiro atoms. The van der Waals surface area contributed by atoms with E-state index in [4.69, 9.17) is 14.4 Å². The average molecular weight is 349 g/mol. The zero-order chi connectivity index (χ0) is 18.1. The van der Waals surface area contributed by atoms with Crippen LogP contribution in [-0.2, 0) is 9.53 Å². The van der Waals surface area contributed by atoms with Crippen LogP contribution in [0.1, 0.15) is 36.3 Å². The van der Waals surface area contributed by atoms with E-state index in [2.05, 4.69) is 10.5 Å². The maximum atomic E-state index is 12.5. The number of nitrogens with one attached hydrogen (secondary N) is 1. The van der Waals surface area contributed by atoms with E-state index in [-0.39, 0.29) is 31.3 Å². The molecule has 2 N–H and O–H groups in total. The molecular formula is C17H23N3O5. The fourth-order valence-electron chi connectivity index (χ4n) is 3.99. The maximum Gasteiger partial charge on any atom is 0.336 e. The van der Waals surface area contributed by atoms with Crippen molar-refractivity contribution in [3.05, 3.63) is 22.6 Å². The predicted octanol–water partition coefficient (Wildman–Crippen LogP) is 1.16. The van der Waals surface area contributed by atoms with Gasteiger partial charge in [-0.2, -0.15) is 0 Å². The Hall–Kier alpha value is -2.35. The summed E-state index contributed by atoms with van der Waals surface area (Å²) in [4.78, 5) is 26.7. The van der Waals surface area contributed by atoms with Gasteiger partial charge in [-0.15, -0.1) is 0 Å². The number of amides is 2. The number of aliphatic hydroxyl groups is 1. The molecule has 2 aliphatic heterocycles. The SMILES string of the molecule is COC(=O)C1=C(c2c(C)noc2C)C[C@@H]2CC[C@H]1N2C(=O)NCCO. The number of carbonyl (C=O) groups is 2. The number of hydrogen-bond donors (Lipinski definition) is 2. The number of urea groups is 1. The zero-order valence-electron chi connectivity index (χ0n) is 14.7. The minimum Gasteiger partial charge on any atom is -0.466 e. The molecule has 8 heteroatoms. The summed E-state index contributed by atoms with van der Waals surface area (Å²) in [6.07, 6.45) is 2.06.